The third-order valence-corrected chi connectivity index (χ3v) is 5.32. The third kappa shape index (κ3) is 6.33. The molecule has 1 aliphatic rings. The first-order valence-electron chi connectivity index (χ1n) is 11.1. The monoisotopic (exact) mass is 438 g/mol. The Kier molecular flexibility index (Phi) is 8.66. The highest BCUT2D eigenvalue weighted by Gasteiger charge is 2.36. The van der Waals surface area contributed by atoms with E-state index in [9.17, 15) is 14.4 Å². The van der Waals surface area contributed by atoms with Gasteiger partial charge in [0.15, 0.2) is 0 Å². The van der Waals surface area contributed by atoms with Gasteiger partial charge < -0.3 is 19.7 Å². The molecule has 1 fully saturated rings. The van der Waals surface area contributed by atoms with Gasteiger partial charge in [-0.15, -0.1) is 0 Å². The molecule has 1 heterocycles. The van der Waals surface area contributed by atoms with Crippen molar-refractivity contribution >= 4 is 17.8 Å². The molecule has 7 heteroatoms. The Morgan fingerprint density at radius 1 is 1.06 bits per heavy atom. The highest BCUT2D eigenvalue weighted by molar-refractivity contribution is 6.01. The maximum atomic E-state index is 13.3. The second kappa shape index (κ2) is 11.9. The van der Waals surface area contributed by atoms with Crippen LogP contribution in [-0.4, -0.2) is 55.0 Å². The first-order valence-corrected chi connectivity index (χ1v) is 11.1. The predicted molar refractivity (Wildman–Crippen MR) is 120 cm³/mol. The number of carbonyl (C=O) groups is 3. The molecule has 0 bridgehead atoms. The Balaban J connectivity index is 1.64. The molecule has 170 valence electrons. The van der Waals surface area contributed by atoms with Crippen LogP contribution in [0.4, 0.5) is 0 Å². The number of unbranched alkanes of at least 4 members (excludes halogenated alkanes) is 1. The molecule has 1 saturated heterocycles. The molecule has 1 unspecified atom stereocenters. The van der Waals surface area contributed by atoms with Gasteiger partial charge in [-0.05, 0) is 24.1 Å². The standard InChI is InChI=1S/C25H30N2O5/c1-2-3-16-31-22-12-8-7-11-20(22)25(30)27-15-14-26-24(29)21(27)18-23(28)32-17-13-19-9-5-4-6-10-19/h4-12,21H,2-3,13-18H2,1H3,(H,26,29). The van der Waals surface area contributed by atoms with Crippen LogP contribution in [0, 0.1) is 0 Å². The number of rotatable bonds is 10. The molecule has 3 rings (SSSR count). The molecule has 1 N–H and O–H groups in total. The minimum absolute atomic E-state index is 0.189. The Morgan fingerprint density at radius 2 is 1.81 bits per heavy atom. The number of nitrogens with zero attached hydrogens (tertiary/aromatic N) is 1. The number of para-hydroxylation sites is 1. The molecule has 7 nitrogen and oxygen atoms in total. The van der Waals surface area contributed by atoms with Gasteiger partial charge in [0.25, 0.3) is 5.91 Å². The van der Waals surface area contributed by atoms with Crippen LogP contribution < -0.4 is 10.1 Å². The maximum Gasteiger partial charge on any atom is 0.308 e. The highest BCUT2D eigenvalue weighted by atomic mass is 16.5. The van der Waals surface area contributed by atoms with E-state index in [0.29, 0.717) is 37.4 Å². The fourth-order valence-corrected chi connectivity index (χ4v) is 3.56. The molecule has 2 amide bonds. The second-order valence-electron chi connectivity index (χ2n) is 7.66. The lowest BCUT2D eigenvalue weighted by atomic mass is 10.1. The summed E-state index contributed by atoms with van der Waals surface area (Å²) in [6.45, 7) is 3.45. The zero-order chi connectivity index (χ0) is 22.8. The van der Waals surface area contributed by atoms with Crippen LogP contribution in [0.3, 0.4) is 0 Å². The molecule has 32 heavy (non-hydrogen) atoms. The number of benzene rings is 2. The van der Waals surface area contributed by atoms with Gasteiger partial charge in [-0.1, -0.05) is 55.8 Å². The third-order valence-electron chi connectivity index (χ3n) is 5.32. The van der Waals surface area contributed by atoms with E-state index in [-0.39, 0.29) is 24.8 Å². The zero-order valence-electron chi connectivity index (χ0n) is 18.4. The molecule has 0 aliphatic carbocycles. The second-order valence-corrected chi connectivity index (χ2v) is 7.66. The van der Waals surface area contributed by atoms with Gasteiger partial charge in [-0.2, -0.15) is 0 Å². The Morgan fingerprint density at radius 3 is 2.59 bits per heavy atom. The van der Waals surface area contributed by atoms with Crippen molar-refractivity contribution in [2.75, 3.05) is 26.3 Å². The van der Waals surface area contributed by atoms with Gasteiger partial charge in [-0.3, -0.25) is 14.4 Å². The van der Waals surface area contributed by atoms with E-state index < -0.39 is 12.0 Å². The normalized spacial score (nSPS) is 15.7. The highest BCUT2D eigenvalue weighted by Crippen LogP contribution is 2.23. The zero-order valence-corrected chi connectivity index (χ0v) is 18.4. The average Bonchev–Trinajstić information content (AvgIpc) is 2.81. The van der Waals surface area contributed by atoms with Crippen molar-refractivity contribution in [2.45, 2.75) is 38.6 Å². The lowest BCUT2D eigenvalue weighted by Gasteiger charge is -2.34. The number of nitrogens with one attached hydrogen (secondary N) is 1. The number of ether oxygens (including phenoxy) is 2. The number of hydrogen-bond acceptors (Lipinski definition) is 5. The molecule has 0 saturated carbocycles. The molecule has 1 atom stereocenters. The molecule has 0 radical (unpaired) electrons. The topological polar surface area (TPSA) is 84.9 Å². The summed E-state index contributed by atoms with van der Waals surface area (Å²) in [6.07, 6.45) is 2.27. The summed E-state index contributed by atoms with van der Waals surface area (Å²) in [5, 5.41) is 2.74. The van der Waals surface area contributed by atoms with E-state index in [2.05, 4.69) is 12.2 Å². The molecular weight excluding hydrogens is 408 g/mol. The summed E-state index contributed by atoms with van der Waals surface area (Å²) in [5.41, 5.74) is 1.45. The van der Waals surface area contributed by atoms with Crippen molar-refractivity contribution in [3.05, 3.63) is 65.7 Å². The lowest BCUT2D eigenvalue weighted by Crippen LogP contribution is -2.57. The first kappa shape index (κ1) is 23.3. The van der Waals surface area contributed by atoms with Gasteiger partial charge >= 0.3 is 5.97 Å². The molecule has 0 spiro atoms. The van der Waals surface area contributed by atoms with Crippen LogP contribution in [0.5, 0.6) is 5.75 Å². The summed E-state index contributed by atoms with van der Waals surface area (Å²) >= 11 is 0. The first-order chi connectivity index (χ1) is 15.6. The van der Waals surface area contributed by atoms with E-state index in [4.69, 9.17) is 9.47 Å². The summed E-state index contributed by atoms with van der Waals surface area (Å²) < 4.78 is 11.1. The molecule has 1 aliphatic heterocycles. The van der Waals surface area contributed by atoms with Crippen molar-refractivity contribution < 1.29 is 23.9 Å². The van der Waals surface area contributed by atoms with Crippen LogP contribution in [0.15, 0.2) is 54.6 Å². The van der Waals surface area contributed by atoms with Crippen molar-refractivity contribution in [2.24, 2.45) is 0 Å². The van der Waals surface area contributed by atoms with Crippen molar-refractivity contribution in [3.63, 3.8) is 0 Å². The fourth-order valence-electron chi connectivity index (χ4n) is 3.56. The van der Waals surface area contributed by atoms with E-state index in [1.807, 2.05) is 36.4 Å². The van der Waals surface area contributed by atoms with Crippen LogP contribution in [0.1, 0.15) is 42.1 Å². The summed E-state index contributed by atoms with van der Waals surface area (Å²) in [5.74, 6) is -0.697. The van der Waals surface area contributed by atoms with E-state index >= 15 is 0 Å². The van der Waals surface area contributed by atoms with Crippen molar-refractivity contribution in [1.82, 2.24) is 10.2 Å². The SMILES string of the molecule is CCCCOc1ccccc1C(=O)N1CCNC(=O)C1CC(=O)OCCc1ccccc1. The average molecular weight is 439 g/mol. The number of esters is 1. The van der Waals surface area contributed by atoms with E-state index in [1.165, 1.54) is 4.90 Å². The number of amides is 2. The minimum atomic E-state index is -0.913. The summed E-state index contributed by atoms with van der Waals surface area (Å²) in [7, 11) is 0. The van der Waals surface area contributed by atoms with E-state index in [1.54, 1.807) is 18.2 Å². The number of hydrogen-bond donors (Lipinski definition) is 1. The largest absolute Gasteiger partial charge is 0.493 e. The van der Waals surface area contributed by atoms with Crippen LogP contribution in [-0.2, 0) is 20.7 Å². The summed E-state index contributed by atoms with van der Waals surface area (Å²) in [6, 6.07) is 15.8. The van der Waals surface area contributed by atoms with Crippen LogP contribution >= 0.6 is 0 Å². The predicted octanol–water partition coefficient (Wildman–Crippen LogP) is 2.98. The molecular formula is C25H30N2O5. The van der Waals surface area contributed by atoms with Gasteiger partial charge in [0.2, 0.25) is 5.91 Å². The maximum absolute atomic E-state index is 13.3. The minimum Gasteiger partial charge on any atom is -0.493 e. The van der Waals surface area contributed by atoms with Gasteiger partial charge in [0.05, 0.1) is 25.2 Å². The smallest absolute Gasteiger partial charge is 0.308 e. The van der Waals surface area contributed by atoms with Crippen LogP contribution in [0.2, 0.25) is 0 Å². The molecule has 2 aromatic rings. The number of piperazine rings is 1. The van der Waals surface area contributed by atoms with Gasteiger partial charge in [0.1, 0.15) is 11.8 Å². The molecule has 2 aromatic carbocycles. The Hall–Kier alpha value is -3.35. The Bertz CT molecular complexity index is 916. The number of carbonyl (C=O) groups excluding carboxylic acids is 3. The Labute approximate surface area is 188 Å². The fraction of sp³-hybridized carbons (Fsp3) is 0.400. The van der Waals surface area contributed by atoms with E-state index in [0.717, 1.165) is 18.4 Å². The van der Waals surface area contributed by atoms with Gasteiger partial charge in [0, 0.05) is 19.5 Å². The quantitative estimate of drug-likeness (QED) is 0.455. The van der Waals surface area contributed by atoms with Crippen molar-refractivity contribution in [3.8, 4) is 5.75 Å². The summed E-state index contributed by atoms with van der Waals surface area (Å²) in [4.78, 5) is 39.7. The molecule has 0 aromatic heterocycles. The van der Waals surface area contributed by atoms with Crippen LogP contribution in [0.25, 0.3) is 0 Å². The van der Waals surface area contributed by atoms with Crippen molar-refractivity contribution in [1.29, 1.82) is 0 Å². The van der Waals surface area contributed by atoms with Gasteiger partial charge in [-0.25, -0.2) is 0 Å². The lowest BCUT2D eigenvalue weighted by molar-refractivity contribution is -0.147.